The fraction of sp³-hybridized carbons (Fsp3) is 0.421. The van der Waals surface area contributed by atoms with Gasteiger partial charge >= 0.3 is 0 Å². The number of thioether (sulfide) groups is 1. The monoisotopic (exact) mass is 419 g/mol. The number of rotatable bonds is 5. The molecule has 1 aliphatic heterocycles. The van der Waals surface area contributed by atoms with Crippen LogP contribution in [0.3, 0.4) is 0 Å². The first-order valence-corrected chi connectivity index (χ1v) is 11.8. The fourth-order valence-electron chi connectivity index (χ4n) is 3.39. The summed E-state index contributed by atoms with van der Waals surface area (Å²) in [7, 11) is 0. The summed E-state index contributed by atoms with van der Waals surface area (Å²) in [6.45, 7) is 6.07. The molecule has 0 N–H and O–H groups in total. The van der Waals surface area contributed by atoms with Crippen LogP contribution in [0.2, 0.25) is 0 Å². The van der Waals surface area contributed by atoms with Crippen LogP contribution < -0.4 is 5.56 Å². The lowest BCUT2D eigenvalue weighted by atomic mass is 10.2. The Bertz CT molecular complexity index is 1020. The Balaban J connectivity index is 1.71. The van der Waals surface area contributed by atoms with Crippen molar-refractivity contribution in [3.8, 4) is 10.4 Å². The smallest absolute Gasteiger partial charge is 0.263 e. The lowest BCUT2D eigenvalue weighted by Crippen LogP contribution is -2.34. The van der Waals surface area contributed by atoms with E-state index in [9.17, 15) is 9.59 Å². The average molecular weight is 420 g/mol. The summed E-state index contributed by atoms with van der Waals surface area (Å²) in [6, 6.07) is 4.02. The Morgan fingerprint density at radius 2 is 2.11 bits per heavy atom. The van der Waals surface area contributed by atoms with Crippen molar-refractivity contribution in [2.24, 2.45) is 0 Å². The fourth-order valence-corrected chi connectivity index (χ4v) is 6.25. The van der Waals surface area contributed by atoms with Crippen molar-refractivity contribution in [2.75, 3.05) is 13.1 Å². The molecule has 1 fully saturated rings. The third kappa shape index (κ3) is 3.46. The Morgan fingerprint density at radius 1 is 1.33 bits per heavy atom. The first kappa shape index (κ1) is 18.7. The number of hydrogen-bond donors (Lipinski definition) is 0. The number of carbonyl (C=O) groups is 1. The molecule has 3 aromatic rings. The van der Waals surface area contributed by atoms with Crippen LogP contribution in [0.5, 0.6) is 0 Å². The van der Waals surface area contributed by atoms with E-state index >= 15 is 0 Å². The normalized spacial score (nSPS) is 15.6. The second kappa shape index (κ2) is 7.77. The average Bonchev–Trinajstić information content (AvgIpc) is 3.41. The summed E-state index contributed by atoms with van der Waals surface area (Å²) in [5, 5.41) is 5.10. The topological polar surface area (TPSA) is 55.2 Å². The van der Waals surface area contributed by atoms with Gasteiger partial charge in [-0.3, -0.25) is 14.2 Å². The van der Waals surface area contributed by atoms with Gasteiger partial charge in [-0.15, -0.1) is 22.7 Å². The lowest BCUT2D eigenvalue weighted by Gasteiger charge is -2.20. The molecule has 0 aliphatic carbocycles. The van der Waals surface area contributed by atoms with Crippen molar-refractivity contribution in [1.82, 2.24) is 14.5 Å². The third-order valence-corrected chi connectivity index (χ3v) is 7.66. The van der Waals surface area contributed by atoms with Gasteiger partial charge in [-0.1, -0.05) is 17.8 Å². The van der Waals surface area contributed by atoms with Gasteiger partial charge in [-0.05, 0) is 38.1 Å². The molecule has 1 aliphatic rings. The molecule has 8 heteroatoms. The van der Waals surface area contributed by atoms with Crippen LogP contribution in [0.1, 0.15) is 26.7 Å². The Kier molecular flexibility index (Phi) is 5.39. The molecule has 1 saturated heterocycles. The van der Waals surface area contributed by atoms with Crippen molar-refractivity contribution in [1.29, 1.82) is 0 Å². The molecule has 0 bridgehead atoms. The van der Waals surface area contributed by atoms with E-state index in [4.69, 9.17) is 4.98 Å². The summed E-state index contributed by atoms with van der Waals surface area (Å²) in [5.41, 5.74) is 0.943. The minimum absolute atomic E-state index is 0.0181. The van der Waals surface area contributed by atoms with Crippen LogP contribution in [0.4, 0.5) is 0 Å². The highest BCUT2D eigenvalue weighted by atomic mass is 32.2. The molecule has 4 heterocycles. The maximum atomic E-state index is 13.2. The second-order valence-corrected chi connectivity index (χ2v) is 9.66. The number of fused-ring (bicyclic) bond motifs is 1. The lowest BCUT2D eigenvalue weighted by molar-refractivity contribution is -0.129. The zero-order chi connectivity index (χ0) is 19.0. The number of likely N-dealkylation sites (tertiary alicyclic amines) is 1. The standard InChI is InChI=1S/C19H21N3O2S3/c1-3-22-18(24)15-13(14-7-6-10-25-14)11-26-16(15)20-19(22)27-12(2)17(23)21-8-4-5-9-21/h6-7,10-12H,3-5,8-9H2,1-2H3/t12-/m1/s1. The quantitative estimate of drug-likeness (QED) is 0.457. The molecule has 3 aromatic heterocycles. The highest BCUT2D eigenvalue weighted by Gasteiger charge is 2.26. The summed E-state index contributed by atoms with van der Waals surface area (Å²) in [5.74, 6) is 0.139. The SMILES string of the molecule is CCn1c(S[C@H](C)C(=O)N2CCCC2)nc2scc(-c3cccs3)c2c1=O. The van der Waals surface area contributed by atoms with E-state index in [2.05, 4.69) is 0 Å². The zero-order valence-corrected chi connectivity index (χ0v) is 17.8. The van der Waals surface area contributed by atoms with E-state index in [1.54, 1.807) is 15.9 Å². The summed E-state index contributed by atoms with van der Waals surface area (Å²) >= 11 is 4.52. The van der Waals surface area contributed by atoms with Gasteiger partial charge in [0.1, 0.15) is 4.83 Å². The van der Waals surface area contributed by atoms with Crippen LogP contribution in [0.25, 0.3) is 20.7 Å². The van der Waals surface area contributed by atoms with E-state index in [-0.39, 0.29) is 16.7 Å². The van der Waals surface area contributed by atoms with Gasteiger partial charge in [0.25, 0.3) is 5.56 Å². The van der Waals surface area contributed by atoms with Gasteiger partial charge in [0.15, 0.2) is 5.16 Å². The molecule has 27 heavy (non-hydrogen) atoms. The third-order valence-electron chi connectivity index (χ3n) is 4.81. The highest BCUT2D eigenvalue weighted by Crippen LogP contribution is 2.35. The van der Waals surface area contributed by atoms with E-state index in [0.29, 0.717) is 17.1 Å². The van der Waals surface area contributed by atoms with Gasteiger partial charge < -0.3 is 4.90 Å². The van der Waals surface area contributed by atoms with Crippen LogP contribution in [-0.2, 0) is 11.3 Å². The van der Waals surface area contributed by atoms with Crippen molar-refractivity contribution >= 4 is 50.6 Å². The van der Waals surface area contributed by atoms with Crippen LogP contribution in [0.15, 0.2) is 32.8 Å². The van der Waals surface area contributed by atoms with E-state index in [1.807, 2.05) is 41.6 Å². The molecule has 0 unspecified atom stereocenters. The number of amides is 1. The molecule has 1 atom stereocenters. The van der Waals surface area contributed by atoms with Crippen molar-refractivity contribution in [3.05, 3.63) is 33.2 Å². The minimum atomic E-state index is -0.248. The molecular formula is C19H21N3O2S3. The zero-order valence-electron chi connectivity index (χ0n) is 15.3. The van der Waals surface area contributed by atoms with Crippen molar-refractivity contribution in [3.63, 3.8) is 0 Å². The highest BCUT2D eigenvalue weighted by molar-refractivity contribution is 8.00. The number of carbonyl (C=O) groups excluding carboxylic acids is 1. The number of thiophene rings is 2. The van der Waals surface area contributed by atoms with Gasteiger partial charge in [0.2, 0.25) is 5.91 Å². The molecule has 0 saturated carbocycles. The maximum Gasteiger partial charge on any atom is 0.263 e. The Morgan fingerprint density at radius 3 is 2.78 bits per heavy atom. The molecule has 4 rings (SSSR count). The van der Waals surface area contributed by atoms with Crippen LogP contribution in [-0.4, -0.2) is 38.7 Å². The second-order valence-electron chi connectivity index (χ2n) is 6.54. The van der Waals surface area contributed by atoms with Gasteiger partial charge in [-0.2, -0.15) is 0 Å². The summed E-state index contributed by atoms with van der Waals surface area (Å²) in [6.07, 6.45) is 2.15. The summed E-state index contributed by atoms with van der Waals surface area (Å²) < 4.78 is 1.70. The molecular weight excluding hydrogens is 398 g/mol. The van der Waals surface area contributed by atoms with E-state index in [0.717, 1.165) is 41.2 Å². The molecule has 1 amide bonds. The van der Waals surface area contributed by atoms with Crippen LogP contribution in [0, 0.1) is 0 Å². The Hall–Kier alpha value is -1.64. The molecule has 0 aromatic carbocycles. The van der Waals surface area contributed by atoms with Crippen LogP contribution >= 0.6 is 34.4 Å². The van der Waals surface area contributed by atoms with Gasteiger partial charge in [0, 0.05) is 35.5 Å². The van der Waals surface area contributed by atoms with Gasteiger partial charge in [-0.25, -0.2) is 4.98 Å². The van der Waals surface area contributed by atoms with Crippen molar-refractivity contribution in [2.45, 2.75) is 43.6 Å². The van der Waals surface area contributed by atoms with E-state index in [1.165, 1.54) is 23.1 Å². The summed E-state index contributed by atoms with van der Waals surface area (Å²) in [4.78, 5) is 34.4. The predicted molar refractivity (Wildman–Crippen MR) is 114 cm³/mol. The number of aromatic nitrogens is 2. The maximum absolute atomic E-state index is 13.2. The molecule has 0 spiro atoms. The number of hydrogen-bond acceptors (Lipinski definition) is 6. The Labute approximate surface area is 170 Å². The largest absolute Gasteiger partial charge is 0.342 e. The first-order chi connectivity index (χ1) is 13.1. The predicted octanol–water partition coefficient (Wildman–Crippen LogP) is 4.31. The number of nitrogens with zero attached hydrogens (tertiary/aromatic N) is 3. The van der Waals surface area contributed by atoms with E-state index < -0.39 is 0 Å². The van der Waals surface area contributed by atoms with Gasteiger partial charge in [0.05, 0.1) is 10.6 Å². The van der Waals surface area contributed by atoms with Crippen molar-refractivity contribution < 1.29 is 4.79 Å². The molecule has 5 nitrogen and oxygen atoms in total. The molecule has 0 radical (unpaired) electrons. The minimum Gasteiger partial charge on any atom is -0.342 e. The first-order valence-electron chi connectivity index (χ1n) is 9.11. The molecule has 142 valence electrons.